The summed E-state index contributed by atoms with van der Waals surface area (Å²) in [6.45, 7) is 12.5. The van der Waals surface area contributed by atoms with Crippen molar-refractivity contribution < 1.29 is 28.7 Å². The number of hydrogen-bond acceptors (Lipinski definition) is 10. The summed E-state index contributed by atoms with van der Waals surface area (Å²) in [5.74, 6) is -0.832. The van der Waals surface area contributed by atoms with Gasteiger partial charge >= 0.3 is 0 Å². The molecule has 4 aromatic rings. The summed E-state index contributed by atoms with van der Waals surface area (Å²) in [4.78, 5) is 82.7. The summed E-state index contributed by atoms with van der Waals surface area (Å²) in [7, 11) is 1.65. The van der Waals surface area contributed by atoms with Crippen molar-refractivity contribution in [2.75, 3.05) is 32.1 Å². The van der Waals surface area contributed by atoms with Crippen LogP contribution >= 0.6 is 15.9 Å². The van der Waals surface area contributed by atoms with Gasteiger partial charge < -0.3 is 25.2 Å². The fraction of sp³-hybridized carbons (Fsp3) is 0.410. The van der Waals surface area contributed by atoms with E-state index in [1.807, 2.05) is 26.0 Å². The van der Waals surface area contributed by atoms with Gasteiger partial charge in [0.2, 0.25) is 23.6 Å². The molecule has 1 aliphatic heterocycles. The van der Waals surface area contributed by atoms with E-state index >= 15 is 0 Å². The number of anilines is 1. The van der Waals surface area contributed by atoms with Crippen molar-refractivity contribution in [3.05, 3.63) is 77.1 Å². The highest BCUT2D eigenvalue weighted by molar-refractivity contribution is 9.10. The number of aromatic nitrogens is 5. The van der Waals surface area contributed by atoms with Crippen LogP contribution in [0.15, 0.2) is 60.0 Å². The number of benzene rings is 1. The van der Waals surface area contributed by atoms with Crippen LogP contribution in [0.5, 0.6) is 0 Å². The van der Waals surface area contributed by atoms with E-state index in [0.29, 0.717) is 39.9 Å². The van der Waals surface area contributed by atoms with Gasteiger partial charge in [-0.2, -0.15) is 5.10 Å². The Balaban J connectivity index is 1.46. The number of likely N-dealkylation sites (N-methyl/N-ethyl adjacent to an activating group) is 1. The molecule has 0 radical (unpaired) electrons. The molecule has 55 heavy (non-hydrogen) atoms. The lowest BCUT2D eigenvalue weighted by Crippen LogP contribution is -2.49. The molecule has 1 aromatic carbocycles. The monoisotopic (exact) mass is 815 g/mol. The van der Waals surface area contributed by atoms with Gasteiger partial charge in [0.15, 0.2) is 5.78 Å². The first-order valence-corrected chi connectivity index (χ1v) is 18.7. The molecule has 0 unspecified atom stereocenters. The van der Waals surface area contributed by atoms with Crippen molar-refractivity contribution in [2.45, 2.75) is 72.7 Å². The molecular weight excluding hydrogens is 770 g/mol. The number of amides is 4. The van der Waals surface area contributed by atoms with Crippen LogP contribution in [0.2, 0.25) is 0 Å². The predicted octanol–water partition coefficient (Wildman–Crippen LogP) is 4.48. The lowest BCUT2D eigenvalue weighted by molar-refractivity contribution is -0.137. The highest BCUT2D eigenvalue weighted by atomic mass is 79.9. The van der Waals surface area contributed by atoms with Crippen molar-refractivity contribution in [3.8, 4) is 11.1 Å². The Bertz CT molecular complexity index is 2120. The normalized spacial score (nSPS) is 17.1. The number of halogens is 1. The second-order valence-electron chi connectivity index (χ2n) is 14.2. The van der Waals surface area contributed by atoms with Crippen LogP contribution in [0.1, 0.15) is 62.4 Å². The Kier molecular flexibility index (Phi) is 12.9. The second kappa shape index (κ2) is 17.4. The molecule has 0 aliphatic carbocycles. The molecule has 16 heteroatoms. The molecule has 0 spiro atoms. The van der Waals surface area contributed by atoms with Crippen LogP contribution in [0.4, 0.5) is 5.82 Å². The molecular formula is C39H46BrN9O6. The van der Waals surface area contributed by atoms with E-state index in [0.717, 1.165) is 11.1 Å². The van der Waals surface area contributed by atoms with Gasteiger partial charge in [-0.25, -0.2) is 15.0 Å². The minimum atomic E-state index is -0.955. The lowest BCUT2D eigenvalue weighted by atomic mass is 9.87. The Hall–Kier alpha value is -5.35. The largest absolute Gasteiger partial charge is 0.373 e. The molecule has 0 bridgehead atoms. The zero-order chi connectivity index (χ0) is 40.0. The van der Waals surface area contributed by atoms with Gasteiger partial charge in [0, 0.05) is 68.3 Å². The molecule has 5 rings (SSSR count). The summed E-state index contributed by atoms with van der Waals surface area (Å²) in [6, 6.07) is 7.33. The van der Waals surface area contributed by atoms with E-state index in [1.165, 1.54) is 28.3 Å². The van der Waals surface area contributed by atoms with Crippen LogP contribution in [-0.4, -0.2) is 103 Å². The summed E-state index contributed by atoms with van der Waals surface area (Å²) < 4.78 is 7.61. The molecule has 4 heterocycles. The van der Waals surface area contributed by atoms with Crippen LogP contribution in [-0.2, 0) is 37.1 Å². The number of ether oxygens (including phenoxy) is 1. The van der Waals surface area contributed by atoms with Gasteiger partial charge in [-0.15, -0.1) is 6.58 Å². The van der Waals surface area contributed by atoms with E-state index < -0.39 is 29.3 Å². The number of hydrogen-bond donors (Lipinski definition) is 2. The number of fused-ring (bicyclic) bond motifs is 1. The van der Waals surface area contributed by atoms with E-state index in [4.69, 9.17) is 4.74 Å². The highest BCUT2D eigenvalue weighted by Gasteiger charge is 2.47. The van der Waals surface area contributed by atoms with E-state index in [2.05, 4.69) is 53.2 Å². The molecule has 1 aliphatic rings. The summed E-state index contributed by atoms with van der Waals surface area (Å²) in [6.07, 6.45) is 5.64. The zero-order valence-electron chi connectivity index (χ0n) is 31.9. The average molecular weight is 817 g/mol. The molecule has 2 N–H and O–H groups in total. The number of nitrogens with zero attached hydrogens (tertiary/aromatic N) is 7. The van der Waals surface area contributed by atoms with Crippen LogP contribution in [0, 0.1) is 12.3 Å². The molecule has 0 saturated carbocycles. The molecule has 1 fully saturated rings. The Morgan fingerprint density at radius 3 is 2.51 bits per heavy atom. The number of nitrogens with one attached hydrogen (secondary N) is 2. The minimum absolute atomic E-state index is 0.135. The first kappa shape index (κ1) is 40.8. The number of likely N-dealkylation sites (tertiary alicyclic amines) is 1. The quantitative estimate of drug-likeness (QED) is 0.0752. The Labute approximate surface area is 328 Å². The first-order chi connectivity index (χ1) is 26.1. The number of pyridine rings is 1. The van der Waals surface area contributed by atoms with Crippen molar-refractivity contribution >= 4 is 62.1 Å². The lowest BCUT2D eigenvalue weighted by Gasteiger charge is -2.32. The summed E-state index contributed by atoms with van der Waals surface area (Å²) in [5.41, 5.74) is 2.22. The second-order valence-corrected chi connectivity index (χ2v) is 15.0. The fourth-order valence-corrected chi connectivity index (χ4v) is 7.22. The third-order valence-corrected chi connectivity index (χ3v) is 9.92. The first-order valence-electron chi connectivity index (χ1n) is 17.9. The van der Waals surface area contributed by atoms with E-state index in [-0.39, 0.29) is 61.8 Å². The van der Waals surface area contributed by atoms with Crippen molar-refractivity contribution in [3.63, 3.8) is 0 Å². The molecule has 3 aromatic heterocycles. The highest BCUT2D eigenvalue weighted by Crippen LogP contribution is 2.37. The fourth-order valence-electron chi connectivity index (χ4n) is 6.92. The Morgan fingerprint density at radius 2 is 1.85 bits per heavy atom. The molecule has 4 amide bonds. The Morgan fingerprint density at radius 1 is 1.13 bits per heavy atom. The zero-order valence-corrected chi connectivity index (χ0v) is 33.5. The SMILES string of the molecule is C=CCOCc1ccc(Br)nc1NC(=O)[C@@H]1C[C@](C)(CN(C)C(=O)[C@@H](CC)NC(C)=O)CN1C(=O)Cn1nc(C(C)=O)c2cc(-c3cnc(C)nc3)ccc21. The number of aryl methyl sites for hydroxylation is 1. The van der Waals surface area contributed by atoms with Gasteiger partial charge in [0.1, 0.15) is 40.6 Å². The molecule has 290 valence electrons. The van der Waals surface area contributed by atoms with Crippen molar-refractivity contribution in [1.29, 1.82) is 0 Å². The standard InChI is InChI=1S/C39H46BrN9O6/c1-8-14-55-20-27-11-13-33(40)44-36(27)45-37(53)32-16-39(6,21-47(7)38(54)30(9-2)43-25(5)51)22-48(32)34(52)19-49-31-12-10-26(28-17-41-24(4)42-18-28)15-29(31)35(46-49)23(3)50/h8,10-13,15,17-18,30,32H,1,9,14,16,19-22H2,2-7H3,(H,43,51)(H,44,45,53)/t30-,32+,39-/m1/s1. The van der Waals surface area contributed by atoms with Gasteiger partial charge in [-0.1, -0.05) is 32.1 Å². The van der Waals surface area contributed by atoms with Gasteiger partial charge in [-0.3, -0.25) is 28.7 Å². The number of carbonyl (C=O) groups excluding carboxylic acids is 5. The van der Waals surface area contributed by atoms with Gasteiger partial charge in [-0.05, 0) is 59.5 Å². The average Bonchev–Trinajstić information content (AvgIpc) is 3.69. The maximum Gasteiger partial charge on any atom is 0.248 e. The van der Waals surface area contributed by atoms with Crippen molar-refractivity contribution in [2.24, 2.45) is 5.41 Å². The predicted molar refractivity (Wildman–Crippen MR) is 210 cm³/mol. The number of ketones is 1. The minimum Gasteiger partial charge on any atom is -0.373 e. The van der Waals surface area contributed by atoms with E-state index in [9.17, 15) is 24.0 Å². The maximum atomic E-state index is 14.4. The van der Waals surface area contributed by atoms with Gasteiger partial charge in [0.25, 0.3) is 0 Å². The molecule has 15 nitrogen and oxygen atoms in total. The van der Waals surface area contributed by atoms with Crippen molar-refractivity contribution in [1.82, 2.24) is 39.8 Å². The maximum absolute atomic E-state index is 14.4. The number of carbonyl (C=O) groups is 5. The van der Waals surface area contributed by atoms with Crippen LogP contribution in [0.3, 0.4) is 0 Å². The third kappa shape index (κ3) is 9.67. The van der Waals surface area contributed by atoms with Crippen LogP contribution in [0.25, 0.3) is 22.0 Å². The summed E-state index contributed by atoms with van der Waals surface area (Å²) in [5, 5.41) is 10.8. The topological polar surface area (TPSA) is 182 Å². The third-order valence-electron chi connectivity index (χ3n) is 9.48. The molecule has 3 atom stereocenters. The smallest absolute Gasteiger partial charge is 0.248 e. The molecule has 1 saturated heterocycles. The number of rotatable bonds is 15. The summed E-state index contributed by atoms with van der Waals surface area (Å²) >= 11 is 3.38. The van der Waals surface area contributed by atoms with Gasteiger partial charge in [0.05, 0.1) is 18.7 Å². The van der Waals surface area contributed by atoms with E-state index in [1.54, 1.807) is 50.6 Å². The number of Topliss-reactive ketones (excluding diaryl/α,β-unsaturated/α-hetero) is 1. The van der Waals surface area contributed by atoms with Crippen LogP contribution < -0.4 is 10.6 Å².